The molecular formula is C15H25N3OS. The summed E-state index contributed by atoms with van der Waals surface area (Å²) in [6.45, 7) is 10.7. The molecule has 4 nitrogen and oxygen atoms in total. The lowest BCUT2D eigenvalue weighted by Gasteiger charge is -2.41. The maximum atomic E-state index is 12.8. The van der Waals surface area contributed by atoms with Crippen molar-refractivity contribution in [3.05, 3.63) is 21.9 Å². The van der Waals surface area contributed by atoms with Crippen molar-refractivity contribution in [2.75, 3.05) is 33.2 Å². The maximum Gasteiger partial charge on any atom is 0.242 e. The fraction of sp³-hybridized carbons (Fsp3) is 0.667. The number of nitrogens with zero attached hydrogens (tertiary/aromatic N) is 2. The standard InChI is InChI=1S/C15H25N3OS/c1-12-5-10-20-13(12)11-17(4)14(19)15(2,3)18-8-6-16-7-9-18/h5,10,16H,6-9,11H2,1-4H3. The van der Waals surface area contributed by atoms with Crippen LogP contribution >= 0.6 is 11.3 Å². The first kappa shape index (κ1) is 15.5. The zero-order valence-electron chi connectivity index (χ0n) is 12.9. The van der Waals surface area contributed by atoms with Crippen molar-refractivity contribution in [3.8, 4) is 0 Å². The molecule has 0 atom stereocenters. The molecule has 2 heterocycles. The van der Waals surface area contributed by atoms with Gasteiger partial charge in [0.1, 0.15) is 0 Å². The van der Waals surface area contributed by atoms with Crippen LogP contribution in [0.5, 0.6) is 0 Å². The number of piperazine rings is 1. The van der Waals surface area contributed by atoms with Crippen molar-refractivity contribution in [3.63, 3.8) is 0 Å². The molecule has 2 rings (SSSR count). The predicted octanol–water partition coefficient (Wildman–Crippen LogP) is 1.70. The first-order valence-corrected chi connectivity index (χ1v) is 8.05. The fourth-order valence-corrected chi connectivity index (χ4v) is 3.64. The average Bonchev–Trinajstić information content (AvgIpc) is 2.84. The highest BCUT2D eigenvalue weighted by Crippen LogP contribution is 2.22. The Morgan fingerprint density at radius 1 is 1.45 bits per heavy atom. The van der Waals surface area contributed by atoms with Gasteiger partial charge in [0.25, 0.3) is 0 Å². The van der Waals surface area contributed by atoms with E-state index >= 15 is 0 Å². The van der Waals surface area contributed by atoms with Gasteiger partial charge < -0.3 is 10.2 Å². The molecule has 1 aromatic rings. The highest BCUT2D eigenvalue weighted by molar-refractivity contribution is 7.10. The van der Waals surface area contributed by atoms with Gasteiger partial charge in [0.05, 0.1) is 12.1 Å². The van der Waals surface area contributed by atoms with Crippen LogP contribution in [0.3, 0.4) is 0 Å². The molecule has 0 spiro atoms. The Kier molecular flexibility index (Phi) is 4.83. The summed E-state index contributed by atoms with van der Waals surface area (Å²) >= 11 is 1.72. The second-order valence-corrected chi connectivity index (χ2v) is 6.98. The van der Waals surface area contributed by atoms with Crippen molar-refractivity contribution in [1.82, 2.24) is 15.1 Å². The predicted molar refractivity (Wildman–Crippen MR) is 84.1 cm³/mol. The number of thiophene rings is 1. The van der Waals surface area contributed by atoms with Gasteiger partial charge >= 0.3 is 0 Å². The van der Waals surface area contributed by atoms with E-state index in [9.17, 15) is 4.79 Å². The number of carbonyl (C=O) groups is 1. The van der Waals surface area contributed by atoms with Crippen LogP contribution in [0.25, 0.3) is 0 Å². The van der Waals surface area contributed by atoms with Gasteiger partial charge in [-0.05, 0) is 37.8 Å². The van der Waals surface area contributed by atoms with Gasteiger partial charge in [0, 0.05) is 38.1 Å². The minimum absolute atomic E-state index is 0.201. The number of nitrogens with one attached hydrogen (secondary N) is 1. The Bertz CT molecular complexity index is 463. The van der Waals surface area contributed by atoms with Gasteiger partial charge in [-0.3, -0.25) is 9.69 Å². The fourth-order valence-electron chi connectivity index (χ4n) is 2.68. The second-order valence-electron chi connectivity index (χ2n) is 5.98. The van der Waals surface area contributed by atoms with Crippen LogP contribution in [0.1, 0.15) is 24.3 Å². The Hall–Kier alpha value is -0.910. The van der Waals surface area contributed by atoms with Gasteiger partial charge in [-0.2, -0.15) is 0 Å². The SMILES string of the molecule is Cc1ccsc1CN(C)C(=O)C(C)(C)N1CCNCC1. The summed E-state index contributed by atoms with van der Waals surface area (Å²) in [6, 6.07) is 2.11. The number of likely N-dealkylation sites (N-methyl/N-ethyl adjacent to an activating group) is 1. The molecule has 0 radical (unpaired) electrons. The van der Waals surface area contributed by atoms with E-state index in [1.165, 1.54) is 10.4 Å². The minimum atomic E-state index is -0.429. The zero-order chi connectivity index (χ0) is 14.8. The summed E-state index contributed by atoms with van der Waals surface area (Å²) < 4.78 is 0. The molecule has 1 saturated heterocycles. The number of carbonyl (C=O) groups excluding carboxylic acids is 1. The molecule has 0 aliphatic carbocycles. The summed E-state index contributed by atoms with van der Waals surface area (Å²) in [5.74, 6) is 0.201. The number of aryl methyl sites for hydroxylation is 1. The molecule has 1 aliphatic rings. The summed E-state index contributed by atoms with van der Waals surface area (Å²) in [5, 5.41) is 5.42. The molecule has 20 heavy (non-hydrogen) atoms. The lowest BCUT2D eigenvalue weighted by atomic mass is 9.99. The molecular weight excluding hydrogens is 270 g/mol. The van der Waals surface area contributed by atoms with Gasteiger partial charge in [0.15, 0.2) is 0 Å². The van der Waals surface area contributed by atoms with E-state index in [1.54, 1.807) is 11.3 Å². The number of rotatable bonds is 4. The smallest absolute Gasteiger partial charge is 0.242 e. The molecule has 1 aliphatic heterocycles. The zero-order valence-corrected chi connectivity index (χ0v) is 13.7. The summed E-state index contributed by atoms with van der Waals surface area (Å²) in [6.07, 6.45) is 0. The van der Waals surface area contributed by atoms with E-state index in [2.05, 4.69) is 28.6 Å². The number of hydrogen-bond acceptors (Lipinski definition) is 4. The molecule has 1 aromatic heterocycles. The van der Waals surface area contributed by atoms with Gasteiger partial charge in [-0.25, -0.2) is 0 Å². The van der Waals surface area contributed by atoms with Crippen LogP contribution < -0.4 is 5.32 Å². The molecule has 0 bridgehead atoms. The molecule has 1 N–H and O–H groups in total. The Morgan fingerprint density at radius 2 is 2.10 bits per heavy atom. The third kappa shape index (κ3) is 3.22. The lowest BCUT2D eigenvalue weighted by molar-refractivity contribution is -0.142. The molecule has 0 aromatic carbocycles. The van der Waals surface area contributed by atoms with Gasteiger partial charge in [0.2, 0.25) is 5.91 Å². The summed E-state index contributed by atoms with van der Waals surface area (Å²) in [5.41, 5.74) is 0.844. The van der Waals surface area contributed by atoms with Crippen LogP contribution in [0.15, 0.2) is 11.4 Å². The molecule has 1 amide bonds. The molecule has 1 fully saturated rings. The van der Waals surface area contributed by atoms with Crippen molar-refractivity contribution < 1.29 is 4.79 Å². The summed E-state index contributed by atoms with van der Waals surface area (Å²) in [4.78, 5) is 18.2. The molecule has 0 saturated carbocycles. The highest BCUT2D eigenvalue weighted by Gasteiger charge is 2.37. The van der Waals surface area contributed by atoms with E-state index in [4.69, 9.17) is 0 Å². The van der Waals surface area contributed by atoms with Crippen LogP contribution in [0.4, 0.5) is 0 Å². The quantitative estimate of drug-likeness (QED) is 0.918. The topological polar surface area (TPSA) is 35.6 Å². The van der Waals surface area contributed by atoms with E-state index in [-0.39, 0.29) is 5.91 Å². The maximum absolute atomic E-state index is 12.8. The van der Waals surface area contributed by atoms with E-state index in [1.807, 2.05) is 25.8 Å². The second kappa shape index (κ2) is 6.24. The van der Waals surface area contributed by atoms with Crippen LogP contribution in [0, 0.1) is 6.92 Å². The lowest BCUT2D eigenvalue weighted by Crippen LogP contribution is -2.60. The van der Waals surface area contributed by atoms with E-state index in [0.717, 1.165) is 26.2 Å². The van der Waals surface area contributed by atoms with E-state index < -0.39 is 5.54 Å². The van der Waals surface area contributed by atoms with Gasteiger partial charge in [-0.15, -0.1) is 11.3 Å². The molecule has 0 unspecified atom stereocenters. The third-order valence-electron chi connectivity index (χ3n) is 4.13. The molecule has 112 valence electrons. The monoisotopic (exact) mass is 295 g/mol. The third-order valence-corrected chi connectivity index (χ3v) is 5.13. The van der Waals surface area contributed by atoms with Crippen molar-refractivity contribution in [2.45, 2.75) is 32.9 Å². The van der Waals surface area contributed by atoms with Crippen molar-refractivity contribution in [2.24, 2.45) is 0 Å². The normalized spacial score (nSPS) is 17.2. The molecule has 5 heteroatoms. The summed E-state index contributed by atoms with van der Waals surface area (Å²) in [7, 11) is 1.91. The number of hydrogen-bond donors (Lipinski definition) is 1. The van der Waals surface area contributed by atoms with Crippen LogP contribution in [-0.4, -0.2) is 54.5 Å². The van der Waals surface area contributed by atoms with Crippen molar-refractivity contribution >= 4 is 17.2 Å². The van der Waals surface area contributed by atoms with Crippen molar-refractivity contribution in [1.29, 1.82) is 0 Å². The Morgan fingerprint density at radius 3 is 2.65 bits per heavy atom. The minimum Gasteiger partial charge on any atom is -0.339 e. The average molecular weight is 295 g/mol. The van der Waals surface area contributed by atoms with Gasteiger partial charge in [-0.1, -0.05) is 0 Å². The highest BCUT2D eigenvalue weighted by atomic mass is 32.1. The first-order valence-electron chi connectivity index (χ1n) is 7.17. The van der Waals surface area contributed by atoms with Crippen LogP contribution in [0.2, 0.25) is 0 Å². The Balaban J connectivity index is 2.03. The van der Waals surface area contributed by atoms with E-state index in [0.29, 0.717) is 6.54 Å². The first-order chi connectivity index (χ1) is 9.43. The Labute approximate surface area is 125 Å². The number of amides is 1. The van der Waals surface area contributed by atoms with Crippen LogP contribution in [-0.2, 0) is 11.3 Å². The largest absolute Gasteiger partial charge is 0.339 e.